The fourth-order valence-electron chi connectivity index (χ4n) is 3.19. The fourth-order valence-corrected chi connectivity index (χ4v) is 3.19. The number of nitrogens with one attached hydrogen (secondary N) is 1. The molecule has 3 N–H and O–H groups in total. The van der Waals surface area contributed by atoms with Crippen molar-refractivity contribution in [1.82, 2.24) is 10.2 Å². The number of rotatable bonds is 3. The predicted octanol–water partition coefficient (Wildman–Crippen LogP) is 1.09. The summed E-state index contributed by atoms with van der Waals surface area (Å²) < 4.78 is 37.0. The number of fused-ring (bicyclic) bond motifs is 1. The van der Waals surface area contributed by atoms with Gasteiger partial charge in [0, 0.05) is 24.7 Å². The van der Waals surface area contributed by atoms with Crippen LogP contribution in [-0.4, -0.2) is 48.8 Å². The lowest BCUT2D eigenvalue weighted by Gasteiger charge is -2.41. The summed E-state index contributed by atoms with van der Waals surface area (Å²) in [5.41, 5.74) is 5.22. The number of hydrogen-bond acceptors (Lipinski definition) is 3. The first-order chi connectivity index (χ1) is 7.97. The van der Waals surface area contributed by atoms with Crippen LogP contribution in [0.25, 0.3) is 0 Å². The molecule has 2 rings (SSSR count). The van der Waals surface area contributed by atoms with Crippen LogP contribution in [0.2, 0.25) is 0 Å². The van der Waals surface area contributed by atoms with Gasteiger partial charge < -0.3 is 11.1 Å². The monoisotopic (exact) mass is 251 g/mol. The van der Waals surface area contributed by atoms with Crippen LogP contribution in [0.3, 0.4) is 0 Å². The van der Waals surface area contributed by atoms with Gasteiger partial charge in [-0.15, -0.1) is 0 Å². The lowest BCUT2D eigenvalue weighted by atomic mass is 9.85. The van der Waals surface area contributed by atoms with Crippen molar-refractivity contribution in [2.24, 2.45) is 5.73 Å². The van der Waals surface area contributed by atoms with Crippen molar-refractivity contribution in [2.45, 2.75) is 43.4 Å². The second-order valence-corrected chi connectivity index (χ2v) is 5.13. The summed E-state index contributed by atoms with van der Waals surface area (Å²) in [5.74, 6) is 0. The molecule has 2 unspecified atom stereocenters. The van der Waals surface area contributed by atoms with E-state index in [4.69, 9.17) is 5.73 Å². The molecule has 2 saturated heterocycles. The Labute approximate surface area is 99.5 Å². The highest BCUT2D eigenvalue weighted by Gasteiger charge is 2.48. The molecule has 2 heterocycles. The quantitative estimate of drug-likeness (QED) is 0.789. The first-order valence-electron chi connectivity index (χ1n) is 6.23. The number of piperidine rings is 1. The average Bonchev–Trinajstić information content (AvgIpc) is 2.66. The molecule has 0 spiro atoms. The van der Waals surface area contributed by atoms with E-state index >= 15 is 0 Å². The summed E-state index contributed by atoms with van der Waals surface area (Å²) in [6.45, 7) is 1.21. The minimum atomic E-state index is -4.16. The lowest BCUT2D eigenvalue weighted by Crippen LogP contribution is -2.61. The van der Waals surface area contributed by atoms with Crippen LogP contribution >= 0.6 is 0 Å². The van der Waals surface area contributed by atoms with E-state index in [0.29, 0.717) is 0 Å². The zero-order valence-electron chi connectivity index (χ0n) is 9.89. The Kier molecular flexibility index (Phi) is 3.66. The predicted molar refractivity (Wildman–Crippen MR) is 59.7 cm³/mol. The standard InChI is InChI=1S/C11H20F3N3/c12-11(13,14)8-16-10(7-15)4-6-17-5-2-1-3-9(10)17/h9,16H,1-8,15H2. The van der Waals surface area contributed by atoms with Crippen molar-refractivity contribution in [1.29, 1.82) is 0 Å². The molecule has 0 aromatic carbocycles. The minimum Gasteiger partial charge on any atom is -0.329 e. The molecule has 17 heavy (non-hydrogen) atoms. The summed E-state index contributed by atoms with van der Waals surface area (Å²) in [5, 5.41) is 2.69. The van der Waals surface area contributed by atoms with Crippen LogP contribution in [0.4, 0.5) is 13.2 Å². The van der Waals surface area contributed by atoms with E-state index in [-0.39, 0.29) is 12.6 Å². The molecule has 0 radical (unpaired) electrons. The molecule has 2 aliphatic heterocycles. The van der Waals surface area contributed by atoms with Gasteiger partial charge in [0.05, 0.1) is 6.54 Å². The summed E-state index contributed by atoms with van der Waals surface area (Å²) in [6, 6.07) is 0.184. The maximum atomic E-state index is 12.3. The van der Waals surface area contributed by atoms with Gasteiger partial charge in [0.15, 0.2) is 0 Å². The highest BCUT2D eigenvalue weighted by molar-refractivity contribution is 5.07. The minimum absolute atomic E-state index is 0.184. The number of nitrogens with two attached hydrogens (primary N) is 1. The normalized spacial score (nSPS) is 34.9. The summed E-state index contributed by atoms with van der Waals surface area (Å²) in [6.07, 6.45) is -0.233. The molecule has 2 fully saturated rings. The molecular formula is C11H20F3N3. The molecule has 3 nitrogen and oxygen atoms in total. The first-order valence-corrected chi connectivity index (χ1v) is 6.23. The van der Waals surface area contributed by atoms with Gasteiger partial charge in [-0.1, -0.05) is 6.42 Å². The maximum Gasteiger partial charge on any atom is 0.401 e. The van der Waals surface area contributed by atoms with E-state index in [9.17, 15) is 13.2 Å². The van der Waals surface area contributed by atoms with E-state index in [1.54, 1.807) is 0 Å². The molecule has 0 bridgehead atoms. The van der Waals surface area contributed by atoms with Crippen molar-refractivity contribution in [2.75, 3.05) is 26.2 Å². The van der Waals surface area contributed by atoms with Gasteiger partial charge in [0.2, 0.25) is 0 Å². The lowest BCUT2D eigenvalue weighted by molar-refractivity contribution is -0.129. The van der Waals surface area contributed by atoms with Gasteiger partial charge in [0.25, 0.3) is 0 Å². The Bertz CT molecular complexity index is 269. The summed E-state index contributed by atoms with van der Waals surface area (Å²) in [7, 11) is 0. The Morgan fingerprint density at radius 1 is 1.29 bits per heavy atom. The van der Waals surface area contributed by atoms with Crippen LogP contribution in [0.1, 0.15) is 25.7 Å². The maximum absolute atomic E-state index is 12.3. The van der Waals surface area contributed by atoms with Crippen LogP contribution in [0.15, 0.2) is 0 Å². The third kappa shape index (κ3) is 2.74. The third-order valence-corrected chi connectivity index (χ3v) is 4.10. The Balaban J connectivity index is 2.03. The Morgan fingerprint density at radius 2 is 2.06 bits per heavy atom. The SMILES string of the molecule is NCC1(NCC(F)(F)F)CCN2CCCCC21. The van der Waals surface area contributed by atoms with Gasteiger partial charge in [-0.3, -0.25) is 4.90 Å². The van der Waals surface area contributed by atoms with E-state index in [0.717, 1.165) is 38.8 Å². The second kappa shape index (κ2) is 4.74. The topological polar surface area (TPSA) is 41.3 Å². The molecule has 2 aliphatic rings. The van der Waals surface area contributed by atoms with E-state index in [1.807, 2.05) is 0 Å². The summed E-state index contributed by atoms with van der Waals surface area (Å²) in [4.78, 5) is 2.29. The van der Waals surface area contributed by atoms with E-state index in [2.05, 4.69) is 10.2 Å². The number of nitrogens with zero attached hydrogens (tertiary/aromatic N) is 1. The van der Waals surface area contributed by atoms with Gasteiger partial charge in [0.1, 0.15) is 0 Å². The highest BCUT2D eigenvalue weighted by atomic mass is 19.4. The van der Waals surface area contributed by atoms with Gasteiger partial charge in [-0.2, -0.15) is 13.2 Å². The molecule has 0 aliphatic carbocycles. The molecule has 100 valence electrons. The fraction of sp³-hybridized carbons (Fsp3) is 1.00. The van der Waals surface area contributed by atoms with Gasteiger partial charge in [-0.25, -0.2) is 0 Å². The van der Waals surface area contributed by atoms with Crippen LogP contribution in [-0.2, 0) is 0 Å². The molecule has 0 saturated carbocycles. The Morgan fingerprint density at radius 3 is 2.71 bits per heavy atom. The average molecular weight is 251 g/mol. The molecule has 6 heteroatoms. The van der Waals surface area contributed by atoms with Crippen LogP contribution in [0.5, 0.6) is 0 Å². The zero-order chi connectivity index (χ0) is 12.5. The van der Waals surface area contributed by atoms with Crippen molar-refractivity contribution >= 4 is 0 Å². The molecular weight excluding hydrogens is 231 g/mol. The smallest absolute Gasteiger partial charge is 0.329 e. The van der Waals surface area contributed by atoms with E-state index < -0.39 is 18.3 Å². The Hall–Kier alpha value is -0.330. The highest BCUT2D eigenvalue weighted by Crippen LogP contribution is 2.35. The van der Waals surface area contributed by atoms with Crippen molar-refractivity contribution in [3.8, 4) is 0 Å². The third-order valence-electron chi connectivity index (χ3n) is 4.10. The second-order valence-electron chi connectivity index (χ2n) is 5.13. The van der Waals surface area contributed by atoms with E-state index in [1.165, 1.54) is 0 Å². The molecule has 0 aromatic rings. The van der Waals surface area contributed by atoms with Crippen LogP contribution < -0.4 is 11.1 Å². The largest absolute Gasteiger partial charge is 0.401 e. The van der Waals surface area contributed by atoms with Crippen LogP contribution in [0, 0.1) is 0 Å². The van der Waals surface area contributed by atoms with Crippen molar-refractivity contribution in [3.05, 3.63) is 0 Å². The van der Waals surface area contributed by atoms with Crippen molar-refractivity contribution in [3.63, 3.8) is 0 Å². The number of hydrogen-bond donors (Lipinski definition) is 2. The summed E-state index contributed by atoms with van der Waals surface area (Å²) >= 11 is 0. The molecule has 0 aromatic heterocycles. The van der Waals surface area contributed by atoms with Crippen molar-refractivity contribution < 1.29 is 13.2 Å². The number of alkyl halides is 3. The molecule has 2 atom stereocenters. The number of halogens is 3. The molecule has 0 amide bonds. The van der Waals surface area contributed by atoms with Gasteiger partial charge in [-0.05, 0) is 25.8 Å². The van der Waals surface area contributed by atoms with Gasteiger partial charge >= 0.3 is 6.18 Å². The first kappa shape index (κ1) is 13.1. The zero-order valence-corrected chi connectivity index (χ0v) is 9.89.